The molecule has 680 valence electrons. The molecule has 4 aliphatic heterocycles. The van der Waals surface area contributed by atoms with Crippen molar-refractivity contribution in [3.05, 3.63) is 144 Å². The first kappa shape index (κ1) is 105. The quantitative estimate of drug-likeness (QED) is 0.0228. The highest BCUT2D eigenvalue weighted by Gasteiger charge is 2.42. The van der Waals surface area contributed by atoms with Crippen molar-refractivity contribution in [3.8, 4) is 11.5 Å². The molecule has 0 saturated carbocycles. The number of aromatic hydroxyl groups is 2. The summed E-state index contributed by atoms with van der Waals surface area (Å²) in [6.45, 7) is 20.4. The monoisotopic (exact) mass is 1740 g/mol. The van der Waals surface area contributed by atoms with Crippen molar-refractivity contribution in [2.24, 2.45) is 35.5 Å². The Hall–Kier alpha value is -10.2. The largest absolute Gasteiger partial charge is 0.508 e. The van der Waals surface area contributed by atoms with E-state index in [4.69, 9.17) is 18.5 Å². The maximum Gasteiger partial charge on any atom is 0.340 e. The minimum atomic E-state index is -3.20. The van der Waals surface area contributed by atoms with E-state index in [2.05, 4.69) is 42.8 Å². The van der Waals surface area contributed by atoms with Gasteiger partial charge < -0.3 is 90.7 Å². The van der Waals surface area contributed by atoms with Gasteiger partial charge in [0.25, 0.3) is 11.8 Å². The van der Waals surface area contributed by atoms with Gasteiger partial charge in [-0.3, -0.25) is 67.3 Å². The van der Waals surface area contributed by atoms with E-state index in [0.717, 1.165) is 0 Å². The number of cyclic esters (lactones) is 2. The summed E-state index contributed by atoms with van der Waals surface area (Å²) in [7, 11) is -0.228. The highest BCUT2D eigenvalue weighted by molar-refractivity contribution is 7.54. The Kier molecular flexibility index (Phi) is 46.0. The zero-order valence-electron chi connectivity index (χ0n) is 72.9. The predicted octanol–water partition coefficient (Wildman–Crippen LogP) is 5.05. The van der Waals surface area contributed by atoms with Crippen LogP contribution in [-0.4, -0.2) is 237 Å². The van der Waals surface area contributed by atoms with E-state index in [-0.39, 0.29) is 119 Å². The van der Waals surface area contributed by atoms with Gasteiger partial charge in [-0.15, -0.1) is 0 Å². The van der Waals surface area contributed by atoms with Crippen molar-refractivity contribution >= 4 is 84.6 Å². The normalized spacial score (nSPS) is 27.4. The zero-order chi connectivity index (χ0) is 91.8. The highest BCUT2D eigenvalue weighted by Crippen LogP contribution is 2.47. The van der Waals surface area contributed by atoms with Crippen molar-refractivity contribution in [1.82, 2.24) is 52.8 Å². The summed E-state index contributed by atoms with van der Waals surface area (Å²) in [5.41, 5.74) is 8.10. The lowest BCUT2D eigenvalue weighted by molar-refractivity contribution is -0.157. The van der Waals surface area contributed by atoms with Gasteiger partial charge in [-0.05, 0) is 145 Å². The molecule has 4 aliphatic rings. The number of aliphatic hydroxyl groups is 4. The van der Waals surface area contributed by atoms with Crippen LogP contribution in [0.4, 0.5) is 0 Å². The van der Waals surface area contributed by atoms with Crippen LogP contribution < -0.4 is 42.8 Å². The van der Waals surface area contributed by atoms with Crippen LogP contribution in [0.25, 0.3) is 0 Å². The maximum atomic E-state index is 14.3. The standard InChI is InChI=1S/C42H59N5O10.C39H54N4O10.C7H16NO4P/c1-25(2)37-40(54)44-33(24-29-14-11-15-30(49)23-29)41(55)47-22-12-16-32(46-47)42(56)57-35(26(3)13-10-19-36(51)43-6)18-9-7-8-17-34(50)28(5)38(52)31(39(53)45-37)21-20-27(4)48;1-23(2)34-37(50)40-31(22-27-11-9-12-28(46)21-27)38(51)43-19-10-13-30(42-43)39(52)53-33(24(3)18-20-44)15-8-6-7-14-32(47)26(5)35(48)29(36(49)41-34)17-16-25(4)45;1-4-11-13(10,12-5-2)6-7(9)8-3/h7-11,13-15,17,19,23,25,28,31-35,37-38,46,49-50,52H,12,16,18,20-22,24H2,1-6H3,(H,43,51)(H,44,54)(H,45,53);6-9,11-12,14,18,20-21,23,26,29-35,42,46-48H,10,13,15-17,19,22H2,1-5H3,(H,40,50)(H,41,49);4-6H2,1-3H3,(H,8,9)/b9-7+,17-8+,19-10+,26-13+;8-6+,14-7+,24-18+;/t28-,31+,32?,33-,34-,35-,37-,38+;26-,29+,30?,31-,32-,33-,34-,35+;/m00./s1. The highest BCUT2D eigenvalue weighted by atomic mass is 31.2. The van der Waals surface area contributed by atoms with E-state index in [9.17, 15) is 97.5 Å². The molecule has 35 heteroatoms. The Labute approximate surface area is 720 Å². The minimum Gasteiger partial charge on any atom is -0.508 e. The van der Waals surface area contributed by atoms with Crippen LogP contribution in [0.2, 0.25) is 0 Å². The summed E-state index contributed by atoms with van der Waals surface area (Å²) in [5, 5.41) is 83.5. The molecule has 2 unspecified atom stereocenters. The Bertz CT molecular complexity index is 4150. The molecule has 2 saturated heterocycles. The molecule has 4 heterocycles. The van der Waals surface area contributed by atoms with E-state index < -0.39 is 163 Å². The number of benzene rings is 2. The minimum absolute atomic E-state index is 0.0247. The van der Waals surface area contributed by atoms with E-state index in [1.165, 1.54) is 92.6 Å². The summed E-state index contributed by atoms with van der Waals surface area (Å²) >= 11 is 0. The molecule has 123 heavy (non-hydrogen) atoms. The number of hydrogen-bond acceptors (Lipinski definition) is 26. The van der Waals surface area contributed by atoms with E-state index in [0.29, 0.717) is 54.2 Å². The molecule has 16 atom stereocenters. The number of nitrogens with one attached hydrogen (secondary N) is 8. The summed E-state index contributed by atoms with van der Waals surface area (Å²) in [5.74, 6) is -11.4. The number of ketones is 2. The van der Waals surface area contributed by atoms with Crippen molar-refractivity contribution in [2.45, 2.75) is 233 Å². The number of nitrogens with zero attached hydrogens (tertiary/aromatic N) is 2. The number of aldehydes is 1. The van der Waals surface area contributed by atoms with E-state index >= 15 is 0 Å². The van der Waals surface area contributed by atoms with Gasteiger partial charge in [-0.2, -0.15) is 0 Å². The van der Waals surface area contributed by atoms with E-state index in [1.54, 1.807) is 136 Å². The van der Waals surface area contributed by atoms with Crippen LogP contribution in [0, 0.1) is 35.5 Å². The van der Waals surface area contributed by atoms with Crippen molar-refractivity contribution in [3.63, 3.8) is 0 Å². The lowest BCUT2D eigenvalue weighted by atomic mass is 9.84. The van der Waals surface area contributed by atoms with Gasteiger partial charge in [0.1, 0.15) is 84.0 Å². The first-order valence-corrected chi connectivity index (χ1v) is 43.4. The predicted molar refractivity (Wildman–Crippen MR) is 458 cm³/mol. The second-order valence-electron chi connectivity index (χ2n) is 31.5. The molecular weight excluding hydrogens is 1610 g/mol. The summed E-state index contributed by atoms with van der Waals surface area (Å²) in [6.07, 6.45) is 13.7. The number of likely N-dealkylation sites (N-methyl/N-ethyl adjacent to an activating group) is 1. The molecule has 0 aromatic heterocycles. The Balaban J connectivity index is 0.000000451. The van der Waals surface area contributed by atoms with Crippen LogP contribution in [0.1, 0.15) is 158 Å². The second kappa shape index (κ2) is 53.8. The first-order valence-electron chi connectivity index (χ1n) is 41.7. The van der Waals surface area contributed by atoms with Gasteiger partial charge in [0.05, 0.1) is 49.5 Å². The molecule has 14 N–H and O–H groups in total. The topological polar surface area (TPSA) is 500 Å². The van der Waals surface area contributed by atoms with E-state index in [1.807, 2.05) is 0 Å². The Morgan fingerprint density at radius 3 is 1.35 bits per heavy atom. The van der Waals surface area contributed by atoms with Crippen LogP contribution in [-0.2, 0) is 98.3 Å². The van der Waals surface area contributed by atoms with Crippen molar-refractivity contribution in [1.29, 1.82) is 0 Å². The summed E-state index contributed by atoms with van der Waals surface area (Å²) in [6, 6.07) is 5.83. The van der Waals surface area contributed by atoms with Crippen LogP contribution in [0.3, 0.4) is 0 Å². The van der Waals surface area contributed by atoms with Gasteiger partial charge in [0.2, 0.25) is 35.4 Å². The summed E-state index contributed by atoms with van der Waals surface area (Å²) in [4.78, 5) is 169. The Morgan fingerprint density at radius 2 is 0.992 bits per heavy atom. The summed E-state index contributed by atoms with van der Waals surface area (Å²) < 4.78 is 33.3. The molecule has 0 radical (unpaired) electrons. The number of hydrazine groups is 2. The van der Waals surface area contributed by atoms with Gasteiger partial charge in [0.15, 0.2) is 0 Å². The number of rotatable bonds is 23. The van der Waals surface area contributed by atoms with Gasteiger partial charge in [-0.1, -0.05) is 127 Å². The number of Topliss-reactive ketones (excluding diaryl/α,β-unsaturated/α-hetero) is 2. The molecule has 2 fully saturated rings. The fourth-order valence-electron chi connectivity index (χ4n) is 13.6. The first-order chi connectivity index (χ1) is 58.2. The number of phenols is 2. The average molecular weight is 1740 g/mol. The lowest BCUT2D eigenvalue weighted by Crippen LogP contribution is -2.62. The molecular formula is C88H129N10O24P. The van der Waals surface area contributed by atoms with Crippen LogP contribution in [0.5, 0.6) is 11.5 Å². The number of allylic oxidation sites excluding steroid dienone is 7. The molecule has 0 aliphatic carbocycles. The fourth-order valence-corrected chi connectivity index (χ4v) is 15.1. The fraction of sp³-hybridized carbons (Fsp3) is 0.557. The molecule has 2 aromatic rings. The lowest BCUT2D eigenvalue weighted by Gasteiger charge is -2.36. The van der Waals surface area contributed by atoms with Crippen LogP contribution >= 0.6 is 7.60 Å². The molecule has 2 aromatic carbocycles. The van der Waals surface area contributed by atoms with Gasteiger partial charge >= 0.3 is 19.5 Å². The zero-order valence-corrected chi connectivity index (χ0v) is 73.8. The third-order valence-corrected chi connectivity index (χ3v) is 22.9. The number of hydrogen-bond donors (Lipinski definition) is 14. The number of phenolic OH excluding ortho intramolecular Hbond substituents is 2. The molecule has 34 nitrogen and oxygen atoms in total. The Morgan fingerprint density at radius 1 is 0.585 bits per heavy atom. The molecule has 4 bridgehead atoms. The average Bonchev–Trinajstić information content (AvgIpc) is 0.827. The second-order valence-corrected chi connectivity index (χ2v) is 33.5. The number of fused-ring (bicyclic) bond motifs is 4. The third kappa shape index (κ3) is 35.9. The molecule has 8 amide bonds. The van der Waals surface area contributed by atoms with Gasteiger partial charge in [-0.25, -0.2) is 10.9 Å². The van der Waals surface area contributed by atoms with Crippen molar-refractivity contribution in [2.75, 3.05) is 46.6 Å². The molecule has 0 spiro atoms. The smallest absolute Gasteiger partial charge is 0.340 e. The number of amides is 8. The van der Waals surface area contributed by atoms with Crippen LogP contribution in [0.15, 0.2) is 133 Å². The number of ether oxygens (including phenoxy) is 2. The number of carbonyl (C=O) groups is 13. The number of esters is 2. The van der Waals surface area contributed by atoms with Crippen molar-refractivity contribution < 1.29 is 116 Å². The number of aliphatic hydroxyl groups excluding tert-OH is 4. The maximum absolute atomic E-state index is 14.3. The molecule has 6 rings (SSSR count). The number of carbonyl (C=O) groups excluding carboxylic acids is 13. The van der Waals surface area contributed by atoms with Gasteiger partial charge in [0, 0.05) is 83.6 Å². The third-order valence-electron chi connectivity index (χ3n) is 21.0. The SMILES string of the molecule is CC(=O)CC[C@H]1C(=O)N[C@@H](C(C)C)C(=O)N[C@@H](Cc2cccc(O)c2)C(=O)N2CCCC(N2)C(=O)O[C@H](/C(C)=C/C=O)C/C=C/C=C/[C@H](O)[C@H](C)[C@H]1O.CCOP(=O)(CC(=O)NC)OCC.CNC(=O)/C=C/C=C(\C)[C@@H]1C/C=C/C=C/[C@H](O)[C@H](C)[C@@H](O)[C@@H](CCC(C)=O)C(=O)N[C@@H](C(C)C)C(=O)N[C@@H](Cc2cccc(O)c2)C(=O)N2CCCC(N2)C(=O)O1.